The number of pyridine rings is 1. The molecule has 0 bridgehead atoms. The van der Waals surface area contributed by atoms with E-state index in [1.807, 2.05) is 6.20 Å². The Hall–Kier alpha value is -3.44. The lowest BCUT2D eigenvalue weighted by atomic mass is 9.90. The Morgan fingerprint density at radius 2 is 1.76 bits per heavy atom. The minimum atomic E-state index is 0.354. The molecule has 0 unspecified atom stereocenters. The van der Waals surface area contributed by atoms with Crippen molar-refractivity contribution in [1.82, 2.24) is 24.4 Å². The molecule has 3 heterocycles. The molecule has 0 fully saturated rings. The highest BCUT2D eigenvalue weighted by Crippen LogP contribution is 2.34. The van der Waals surface area contributed by atoms with Crippen LogP contribution in [0, 0.1) is 0 Å². The SMILES string of the molecule is c1cnc2c(c1)CCC[C@H]2N(CCCCn1cc2ccccc2c1)Cc1nc2ccccc2[nH]1. The molecule has 1 aliphatic rings. The fourth-order valence-electron chi connectivity index (χ4n) is 5.44. The maximum atomic E-state index is 4.88. The average Bonchev–Trinajstić information content (AvgIpc) is 3.48. The second kappa shape index (κ2) is 9.43. The van der Waals surface area contributed by atoms with E-state index in [1.165, 1.54) is 28.5 Å². The number of fused-ring (bicyclic) bond motifs is 3. The van der Waals surface area contributed by atoms with Gasteiger partial charge in [0.25, 0.3) is 0 Å². The van der Waals surface area contributed by atoms with Crippen LogP contribution in [0.5, 0.6) is 0 Å². The molecule has 0 radical (unpaired) electrons. The van der Waals surface area contributed by atoms with Crippen LogP contribution in [0.4, 0.5) is 0 Å². The van der Waals surface area contributed by atoms with Gasteiger partial charge in [0.2, 0.25) is 0 Å². The zero-order chi connectivity index (χ0) is 22.7. The first-order valence-electron chi connectivity index (χ1n) is 12.5. The molecule has 5 nitrogen and oxygen atoms in total. The molecule has 0 saturated carbocycles. The Morgan fingerprint density at radius 1 is 0.941 bits per heavy atom. The van der Waals surface area contributed by atoms with E-state index < -0.39 is 0 Å². The highest BCUT2D eigenvalue weighted by atomic mass is 15.2. The number of unbranched alkanes of at least 4 members (excludes halogenated alkanes) is 1. The van der Waals surface area contributed by atoms with Crippen molar-refractivity contribution in [3.63, 3.8) is 0 Å². The first kappa shape index (κ1) is 21.1. The fraction of sp³-hybridized carbons (Fsp3) is 0.310. The molecule has 34 heavy (non-hydrogen) atoms. The number of H-pyrrole nitrogens is 1. The highest BCUT2D eigenvalue weighted by molar-refractivity contribution is 5.82. The number of para-hydroxylation sites is 2. The molecule has 1 atom stereocenters. The van der Waals surface area contributed by atoms with Crippen LogP contribution in [0.2, 0.25) is 0 Å². The third-order valence-corrected chi connectivity index (χ3v) is 7.11. The van der Waals surface area contributed by atoms with Crippen molar-refractivity contribution in [1.29, 1.82) is 0 Å². The third-order valence-electron chi connectivity index (χ3n) is 7.11. The number of nitrogens with one attached hydrogen (secondary N) is 1. The normalized spacial score (nSPS) is 15.9. The summed E-state index contributed by atoms with van der Waals surface area (Å²) in [6.07, 6.45) is 12.3. The number of hydrogen-bond donors (Lipinski definition) is 1. The lowest BCUT2D eigenvalue weighted by Crippen LogP contribution is -2.33. The van der Waals surface area contributed by atoms with Gasteiger partial charge in [-0.1, -0.05) is 42.5 Å². The minimum Gasteiger partial charge on any atom is -0.353 e. The van der Waals surface area contributed by atoms with E-state index in [0.717, 1.165) is 62.2 Å². The summed E-state index contributed by atoms with van der Waals surface area (Å²) in [5, 5.41) is 2.64. The Labute approximate surface area is 200 Å². The Kier molecular flexibility index (Phi) is 5.86. The number of rotatable bonds is 8. The predicted molar refractivity (Wildman–Crippen MR) is 138 cm³/mol. The van der Waals surface area contributed by atoms with Crippen molar-refractivity contribution in [2.45, 2.75) is 51.2 Å². The maximum Gasteiger partial charge on any atom is 0.121 e. The molecule has 5 aromatic rings. The third kappa shape index (κ3) is 4.36. The summed E-state index contributed by atoms with van der Waals surface area (Å²) in [5.41, 5.74) is 4.83. The molecule has 1 aliphatic carbocycles. The van der Waals surface area contributed by atoms with Crippen LogP contribution in [0.1, 0.15) is 48.8 Å². The number of aryl methyl sites for hydroxylation is 2. The van der Waals surface area contributed by atoms with E-state index in [1.54, 1.807) is 0 Å². The average molecular weight is 450 g/mol. The van der Waals surface area contributed by atoms with Crippen molar-refractivity contribution in [2.75, 3.05) is 6.54 Å². The molecule has 6 rings (SSSR count). The molecule has 0 aliphatic heterocycles. The molecular formula is C29H31N5. The van der Waals surface area contributed by atoms with Gasteiger partial charge in [0.05, 0.1) is 29.3 Å². The number of aromatic amines is 1. The molecule has 172 valence electrons. The van der Waals surface area contributed by atoms with Crippen LogP contribution in [0.25, 0.3) is 21.8 Å². The molecule has 0 amide bonds. The monoisotopic (exact) mass is 449 g/mol. The van der Waals surface area contributed by atoms with Gasteiger partial charge in [0.15, 0.2) is 0 Å². The van der Waals surface area contributed by atoms with Gasteiger partial charge in [-0.05, 0) is 73.2 Å². The number of hydrogen-bond acceptors (Lipinski definition) is 3. The number of aromatic nitrogens is 4. The fourth-order valence-corrected chi connectivity index (χ4v) is 5.44. The van der Waals surface area contributed by atoms with Gasteiger partial charge in [0, 0.05) is 25.1 Å². The standard InChI is InChI=1S/C29H31N5/c1-2-10-24-20-33(19-23(24)9-1)17-5-6-18-34(21-28-31-25-13-3-4-14-26(25)32-28)27-15-7-11-22-12-8-16-30-29(22)27/h1-4,8-10,12-14,16,19-20,27H,5-7,11,15,17-18,21H2,(H,31,32)/t27-/m1/s1. The van der Waals surface area contributed by atoms with E-state index >= 15 is 0 Å². The molecular weight excluding hydrogens is 418 g/mol. The first-order chi connectivity index (χ1) is 16.8. The summed E-state index contributed by atoms with van der Waals surface area (Å²) in [5.74, 6) is 1.04. The highest BCUT2D eigenvalue weighted by Gasteiger charge is 2.27. The van der Waals surface area contributed by atoms with Gasteiger partial charge in [0.1, 0.15) is 5.82 Å². The number of nitrogens with zero attached hydrogens (tertiary/aromatic N) is 4. The second-order valence-corrected chi connectivity index (χ2v) is 9.46. The minimum absolute atomic E-state index is 0.354. The lowest BCUT2D eigenvalue weighted by molar-refractivity contribution is 0.158. The molecule has 5 heteroatoms. The number of imidazole rings is 1. The van der Waals surface area contributed by atoms with Crippen molar-refractivity contribution in [3.8, 4) is 0 Å². The van der Waals surface area contributed by atoms with Crippen LogP contribution < -0.4 is 0 Å². The Bertz CT molecular complexity index is 1330. The largest absolute Gasteiger partial charge is 0.353 e. The summed E-state index contributed by atoms with van der Waals surface area (Å²) in [6, 6.07) is 21.6. The van der Waals surface area contributed by atoms with Crippen molar-refractivity contribution < 1.29 is 0 Å². The predicted octanol–water partition coefficient (Wildman–Crippen LogP) is 6.27. The van der Waals surface area contributed by atoms with E-state index in [4.69, 9.17) is 9.97 Å². The zero-order valence-electron chi connectivity index (χ0n) is 19.5. The van der Waals surface area contributed by atoms with Crippen LogP contribution in [0.15, 0.2) is 79.3 Å². The van der Waals surface area contributed by atoms with Gasteiger partial charge in [-0.15, -0.1) is 0 Å². The Morgan fingerprint density at radius 3 is 2.62 bits per heavy atom. The molecule has 0 spiro atoms. The van der Waals surface area contributed by atoms with Crippen molar-refractivity contribution in [3.05, 3.63) is 96.3 Å². The van der Waals surface area contributed by atoms with Crippen molar-refractivity contribution in [2.24, 2.45) is 0 Å². The quantitative estimate of drug-likeness (QED) is 0.284. The first-order valence-corrected chi connectivity index (χ1v) is 12.5. The summed E-state index contributed by atoms with van der Waals surface area (Å²) in [4.78, 5) is 15.9. The Balaban J connectivity index is 1.18. The molecule has 3 aromatic heterocycles. The van der Waals surface area contributed by atoms with Gasteiger partial charge in [-0.2, -0.15) is 0 Å². The summed E-state index contributed by atoms with van der Waals surface area (Å²) >= 11 is 0. The van der Waals surface area contributed by atoms with Gasteiger partial charge >= 0.3 is 0 Å². The summed E-state index contributed by atoms with van der Waals surface area (Å²) in [7, 11) is 0. The van der Waals surface area contributed by atoms with E-state index in [0.29, 0.717) is 6.04 Å². The second-order valence-electron chi connectivity index (χ2n) is 9.46. The van der Waals surface area contributed by atoms with E-state index in [-0.39, 0.29) is 0 Å². The van der Waals surface area contributed by atoms with Gasteiger partial charge in [-0.25, -0.2) is 4.98 Å². The van der Waals surface area contributed by atoms with Gasteiger partial charge in [-0.3, -0.25) is 9.88 Å². The lowest BCUT2D eigenvalue weighted by Gasteiger charge is -2.34. The maximum absolute atomic E-state index is 4.88. The van der Waals surface area contributed by atoms with Gasteiger partial charge < -0.3 is 9.55 Å². The number of benzene rings is 2. The molecule has 1 N–H and O–H groups in total. The van der Waals surface area contributed by atoms with Crippen LogP contribution in [-0.2, 0) is 19.5 Å². The van der Waals surface area contributed by atoms with Crippen LogP contribution in [0.3, 0.4) is 0 Å². The smallest absolute Gasteiger partial charge is 0.121 e. The van der Waals surface area contributed by atoms with Crippen LogP contribution in [-0.4, -0.2) is 31.0 Å². The topological polar surface area (TPSA) is 49.7 Å². The summed E-state index contributed by atoms with van der Waals surface area (Å²) < 4.78 is 2.34. The van der Waals surface area contributed by atoms with Crippen molar-refractivity contribution >= 4 is 21.8 Å². The van der Waals surface area contributed by atoms with Crippen LogP contribution >= 0.6 is 0 Å². The zero-order valence-corrected chi connectivity index (χ0v) is 19.5. The van der Waals surface area contributed by atoms with E-state index in [9.17, 15) is 0 Å². The summed E-state index contributed by atoms with van der Waals surface area (Å²) in [6.45, 7) is 2.91. The molecule has 2 aromatic carbocycles. The van der Waals surface area contributed by atoms with E-state index in [2.05, 4.69) is 87.5 Å². The molecule has 0 saturated heterocycles.